The van der Waals surface area contributed by atoms with Gasteiger partial charge in [-0.25, -0.2) is 19.7 Å². The molecule has 0 atom stereocenters. The first-order valence-electron chi connectivity index (χ1n) is 8.99. The summed E-state index contributed by atoms with van der Waals surface area (Å²) < 4.78 is 18.7. The molecule has 2 amide bonds. The molecular formula is C19H22N6O4S. The van der Waals surface area contributed by atoms with E-state index in [1.807, 2.05) is 6.92 Å². The highest BCUT2D eigenvalue weighted by Gasteiger charge is 2.14. The third-order valence-corrected chi connectivity index (χ3v) is 4.63. The van der Waals surface area contributed by atoms with Gasteiger partial charge in [-0.05, 0) is 19.1 Å². The molecule has 3 rings (SSSR count). The predicted octanol–water partition coefficient (Wildman–Crippen LogP) is 3.12. The van der Waals surface area contributed by atoms with E-state index < -0.39 is 0 Å². The number of carbonyl (C=O) groups excluding carboxylic acids is 1. The largest absolute Gasteiger partial charge is 0.493 e. The maximum atomic E-state index is 11.5. The van der Waals surface area contributed by atoms with Crippen LogP contribution in [0.25, 0.3) is 11.2 Å². The Morgan fingerprint density at radius 2 is 1.80 bits per heavy atom. The normalized spacial score (nSPS) is 10.4. The molecule has 2 aromatic heterocycles. The Kier molecular flexibility index (Phi) is 6.96. The van der Waals surface area contributed by atoms with E-state index in [-0.39, 0.29) is 6.03 Å². The Labute approximate surface area is 177 Å². The molecule has 0 saturated carbocycles. The number of pyridine rings is 1. The lowest BCUT2D eigenvalue weighted by Crippen LogP contribution is -2.30. The molecule has 0 aliphatic heterocycles. The van der Waals surface area contributed by atoms with Crippen LogP contribution in [0.5, 0.6) is 17.2 Å². The van der Waals surface area contributed by atoms with E-state index in [0.29, 0.717) is 51.5 Å². The lowest BCUT2D eigenvalue weighted by atomic mass is 10.2. The van der Waals surface area contributed by atoms with Crippen molar-refractivity contribution in [3.8, 4) is 17.2 Å². The SMILES string of the molecule is CCNC(=O)NSc1ccc2ncc(Nc3cc(OC)c(OC)c(OC)c3)nc2n1. The lowest BCUT2D eigenvalue weighted by molar-refractivity contribution is 0.247. The van der Waals surface area contributed by atoms with Crippen molar-refractivity contribution < 1.29 is 19.0 Å². The molecule has 0 aliphatic carbocycles. The number of methoxy groups -OCH3 is 3. The van der Waals surface area contributed by atoms with Gasteiger partial charge in [0.2, 0.25) is 5.75 Å². The molecule has 10 nitrogen and oxygen atoms in total. The van der Waals surface area contributed by atoms with Crippen LogP contribution in [0, 0.1) is 0 Å². The monoisotopic (exact) mass is 430 g/mol. The van der Waals surface area contributed by atoms with Crippen LogP contribution in [0.4, 0.5) is 16.3 Å². The molecule has 30 heavy (non-hydrogen) atoms. The maximum Gasteiger partial charge on any atom is 0.325 e. The predicted molar refractivity (Wildman–Crippen MR) is 115 cm³/mol. The molecule has 0 unspecified atom stereocenters. The molecule has 0 fully saturated rings. The first-order chi connectivity index (χ1) is 14.6. The summed E-state index contributed by atoms with van der Waals surface area (Å²) in [6.45, 7) is 2.38. The minimum atomic E-state index is -0.284. The van der Waals surface area contributed by atoms with E-state index in [2.05, 4.69) is 30.3 Å². The zero-order valence-corrected chi connectivity index (χ0v) is 17.8. The van der Waals surface area contributed by atoms with E-state index in [0.717, 1.165) is 11.9 Å². The number of carbonyl (C=O) groups is 1. The van der Waals surface area contributed by atoms with Gasteiger partial charge in [-0.1, -0.05) is 0 Å². The fourth-order valence-corrected chi connectivity index (χ4v) is 3.13. The summed E-state index contributed by atoms with van der Waals surface area (Å²) in [4.78, 5) is 24.9. The van der Waals surface area contributed by atoms with Gasteiger partial charge < -0.3 is 24.8 Å². The first-order valence-corrected chi connectivity index (χ1v) is 9.81. The van der Waals surface area contributed by atoms with Crippen molar-refractivity contribution >= 4 is 40.6 Å². The fraction of sp³-hybridized carbons (Fsp3) is 0.263. The van der Waals surface area contributed by atoms with Crippen molar-refractivity contribution in [3.63, 3.8) is 0 Å². The Balaban J connectivity index is 1.83. The van der Waals surface area contributed by atoms with Crippen LogP contribution in [-0.4, -0.2) is 48.9 Å². The van der Waals surface area contributed by atoms with Crippen molar-refractivity contribution in [1.29, 1.82) is 0 Å². The second-order valence-corrected chi connectivity index (χ2v) is 6.68. The summed E-state index contributed by atoms with van der Waals surface area (Å²) in [6, 6.07) is 6.81. The average molecular weight is 430 g/mol. The van der Waals surface area contributed by atoms with Gasteiger partial charge in [0.25, 0.3) is 0 Å². The third kappa shape index (κ3) is 4.92. The van der Waals surface area contributed by atoms with E-state index in [4.69, 9.17) is 14.2 Å². The van der Waals surface area contributed by atoms with Crippen molar-refractivity contribution in [2.75, 3.05) is 33.2 Å². The van der Waals surface area contributed by atoms with Crippen LogP contribution in [0.1, 0.15) is 6.92 Å². The molecule has 3 aromatic rings. The number of hydrogen-bond acceptors (Lipinski definition) is 9. The van der Waals surface area contributed by atoms with E-state index in [1.165, 1.54) is 0 Å². The van der Waals surface area contributed by atoms with E-state index >= 15 is 0 Å². The molecule has 0 bridgehead atoms. The fourth-order valence-electron chi connectivity index (χ4n) is 2.59. The number of ether oxygens (including phenoxy) is 3. The van der Waals surface area contributed by atoms with Crippen LogP contribution in [-0.2, 0) is 0 Å². The van der Waals surface area contributed by atoms with Crippen molar-refractivity contribution in [1.82, 2.24) is 25.0 Å². The zero-order valence-electron chi connectivity index (χ0n) is 17.0. The van der Waals surface area contributed by atoms with Gasteiger partial charge in [0.1, 0.15) is 10.5 Å². The summed E-state index contributed by atoms with van der Waals surface area (Å²) in [5, 5.41) is 6.41. The molecule has 1 aromatic carbocycles. The number of nitrogens with one attached hydrogen (secondary N) is 3. The Morgan fingerprint density at radius 3 is 2.43 bits per heavy atom. The number of nitrogens with zero attached hydrogens (tertiary/aromatic N) is 3. The molecule has 0 radical (unpaired) electrons. The van der Waals surface area contributed by atoms with Gasteiger partial charge in [-0.3, -0.25) is 4.72 Å². The molecule has 2 heterocycles. The lowest BCUT2D eigenvalue weighted by Gasteiger charge is -2.14. The van der Waals surface area contributed by atoms with Gasteiger partial charge in [0, 0.05) is 36.3 Å². The summed E-state index contributed by atoms with van der Waals surface area (Å²) in [5.41, 5.74) is 1.75. The maximum absolute atomic E-state index is 11.5. The second kappa shape index (κ2) is 9.83. The summed E-state index contributed by atoms with van der Waals surface area (Å²) in [6.07, 6.45) is 1.60. The average Bonchev–Trinajstić information content (AvgIpc) is 2.76. The Bertz CT molecular complexity index is 1020. The Morgan fingerprint density at radius 1 is 1.07 bits per heavy atom. The number of rotatable bonds is 8. The number of amides is 2. The van der Waals surface area contributed by atoms with Gasteiger partial charge in [0.15, 0.2) is 23.0 Å². The summed E-state index contributed by atoms with van der Waals surface area (Å²) in [7, 11) is 4.65. The van der Waals surface area contributed by atoms with Crippen LogP contribution in [0.15, 0.2) is 35.5 Å². The number of fused-ring (bicyclic) bond motifs is 1. The minimum Gasteiger partial charge on any atom is -0.493 e. The van der Waals surface area contributed by atoms with Crippen molar-refractivity contribution in [3.05, 3.63) is 30.5 Å². The van der Waals surface area contributed by atoms with Crippen molar-refractivity contribution in [2.45, 2.75) is 11.9 Å². The van der Waals surface area contributed by atoms with Crippen LogP contribution < -0.4 is 29.6 Å². The smallest absolute Gasteiger partial charge is 0.325 e. The molecule has 0 aliphatic rings. The molecular weight excluding hydrogens is 408 g/mol. The van der Waals surface area contributed by atoms with Gasteiger partial charge in [-0.2, -0.15) is 0 Å². The topological polar surface area (TPSA) is 120 Å². The molecule has 0 saturated heterocycles. The summed E-state index contributed by atoms with van der Waals surface area (Å²) >= 11 is 1.10. The highest BCUT2D eigenvalue weighted by Crippen LogP contribution is 2.40. The minimum absolute atomic E-state index is 0.284. The highest BCUT2D eigenvalue weighted by atomic mass is 32.2. The van der Waals surface area contributed by atoms with Gasteiger partial charge in [-0.15, -0.1) is 0 Å². The summed E-state index contributed by atoms with van der Waals surface area (Å²) in [5.74, 6) is 2.02. The van der Waals surface area contributed by atoms with Gasteiger partial charge >= 0.3 is 6.03 Å². The second-order valence-electron chi connectivity index (χ2n) is 5.85. The standard InChI is InChI=1S/C19H22N6O4S/c1-5-20-19(26)25-30-16-7-6-12-18(24-16)23-15(10-21-12)22-11-8-13(27-2)17(29-4)14(9-11)28-3/h6-10H,5H2,1-4H3,(H2,20,25,26)(H,22,23,24). The van der Waals surface area contributed by atoms with Crippen LogP contribution in [0.3, 0.4) is 0 Å². The van der Waals surface area contributed by atoms with E-state index in [9.17, 15) is 4.79 Å². The third-order valence-electron chi connectivity index (χ3n) is 3.90. The molecule has 11 heteroatoms. The number of hydrogen-bond donors (Lipinski definition) is 3. The number of urea groups is 1. The first kappa shape index (κ1) is 21.2. The van der Waals surface area contributed by atoms with Crippen molar-refractivity contribution in [2.24, 2.45) is 0 Å². The van der Waals surface area contributed by atoms with Gasteiger partial charge in [0.05, 0.1) is 27.5 Å². The molecule has 158 valence electrons. The quantitative estimate of drug-likeness (QED) is 0.463. The van der Waals surface area contributed by atoms with Crippen LogP contribution >= 0.6 is 11.9 Å². The number of benzene rings is 1. The van der Waals surface area contributed by atoms with Crippen LogP contribution in [0.2, 0.25) is 0 Å². The molecule has 3 N–H and O–H groups in total. The Hall–Kier alpha value is -3.47. The van der Waals surface area contributed by atoms with E-state index in [1.54, 1.807) is 51.8 Å². The highest BCUT2D eigenvalue weighted by molar-refractivity contribution is 7.97. The number of aromatic nitrogens is 3. The molecule has 0 spiro atoms. The zero-order chi connectivity index (χ0) is 21.5. The number of anilines is 2.